The van der Waals surface area contributed by atoms with Crippen LogP contribution >= 0.6 is 11.8 Å². The summed E-state index contributed by atoms with van der Waals surface area (Å²) in [5, 5.41) is 17.7. The molecule has 0 bridgehead atoms. The number of nitrogens with zero attached hydrogens (tertiary/aromatic N) is 1. The Kier molecular flexibility index (Phi) is 3.80. The molecule has 3 rings (SSSR count). The molecule has 0 atom stereocenters. The molecule has 0 amide bonds. The molecule has 0 saturated heterocycles. The van der Waals surface area contributed by atoms with Crippen LogP contribution < -0.4 is 11.1 Å². The summed E-state index contributed by atoms with van der Waals surface area (Å²) in [4.78, 5) is 16.2. The molecule has 2 heterocycles. The third kappa shape index (κ3) is 2.56. The summed E-state index contributed by atoms with van der Waals surface area (Å²) in [5.74, 6) is 0. The number of rotatable bonds is 2. The van der Waals surface area contributed by atoms with Gasteiger partial charge in [-0.1, -0.05) is 12.1 Å². The van der Waals surface area contributed by atoms with E-state index in [1.807, 2.05) is 36.6 Å². The highest BCUT2D eigenvalue weighted by molar-refractivity contribution is 7.98. The largest absolute Gasteiger partial charge is 0.437 e. The number of aromatic nitrogens is 1. The summed E-state index contributed by atoms with van der Waals surface area (Å²) in [6, 6.07) is 11.2. The second-order valence-electron chi connectivity index (χ2n) is 5.04. The number of nitriles is 1. The van der Waals surface area contributed by atoms with Crippen LogP contribution in [0.1, 0.15) is 11.3 Å². The number of hydrogen-bond acceptors (Lipinski definition) is 5. The fraction of sp³-hybridized carbons (Fsp3) is 0.118. The van der Waals surface area contributed by atoms with Crippen LogP contribution in [0.4, 0.5) is 0 Å². The second-order valence-corrected chi connectivity index (χ2v) is 5.92. The maximum absolute atomic E-state index is 12.4. The van der Waals surface area contributed by atoms with E-state index in [0.29, 0.717) is 27.8 Å². The second kappa shape index (κ2) is 5.78. The van der Waals surface area contributed by atoms with Gasteiger partial charge in [0, 0.05) is 22.2 Å². The van der Waals surface area contributed by atoms with Crippen molar-refractivity contribution in [2.24, 2.45) is 0 Å². The number of thioether (sulfide) groups is 1. The zero-order valence-corrected chi connectivity index (χ0v) is 13.4. The summed E-state index contributed by atoms with van der Waals surface area (Å²) >= 11 is 1.61. The van der Waals surface area contributed by atoms with Crippen molar-refractivity contribution in [3.63, 3.8) is 0 Å². The van der Waals surface area contributed by atoms with Gasteiger partial charge in [0.15, 0.2) is 0 Å². The van der Waals surface area contributed by atoms with Gasteiger partial charge in [0.1, 0.15) is 17.2 Å². The molecule has 23 heavy (non-hydrogen) atoms. The number of aryl methyl sites for hydroxylation is 1. The van der Waals surface area contributed by atoms with E-state index in [9.17, 15) is 10.1 Å². The van der Waals surface area contributed by atoms with Crippen molar-refractivity contribution in [2.45, 2.75) is 11.8 Å². The number of pyridine rings is 1. The summed E-state index contributed by atoms with van der Waals surface area (Å²) in [6.45, 7) is 1.74. The highest BCUT2D eigenvalue weighted by Gasteiger charge is 2.17. The summed E-state index contributed by atoms with van der Waals surface area (Å²) in [6.07, 6.45) is 1.97. The average molecular weight is 323 g/mol. The van der Waals surface area contributed by atoms with Crippen LogP contribution in [-0.4, -0.2) is 11.2 Å². The predicted molar refractivity (Wildman–Crippen MR) is 89.4 cm³/mol. The first-order valence-corrected chi connectivity index (χ1v) is 8.07. The van der Waals surface area contributed by atoms with E-state index < -0.39 is 0 Å². The zero-order chi connectivity index (χ0) is 16.6. The summed E-state index contributed by atoms with van der Waals surface area (Å²) in [5.41, 5.74) is 1.58. The first-order valence-electron chi connectivity index (χ1n) is 6.85. The lowest BCUT2D eigenvalue weighted by molar-refractivity contribution is 0.530. The van der Waals surface area contributed by atoms with Gasteiger partial charge in [-0.3, -0.25) is 10.2 Å². The minimum Gasteiger partial charge on any atom is -0.437 e. The van der Waals surface area contributed by atoms with Crippen molar-refractivity contribution < 1.29 is 4.42 Å². The maximum atomic E-state index is 12.4. The fourth-order valence-corrected chi connectivity index (χ4v) is 2.94. The minimum absolute atomic E-state index is 0.0590. The van der Waals surface area contributed by atoms with Crippen molar-refractivity contribution in [3.05, 3.63) is 57.5 Å². The highest BCUT2D eigenvalue weighted by atomic mass is 32.2. The van der Waals surface area contributed by atoms with E-state index in [4.69, 9.17) is 9.83 Å². The zero-order valence-electron chi connectivity index (χ0n) is 12.6. The van der Waals surface area contributed by atoms with E-state index in [0.717, 1.165) is 4.90 Å². The molecular weight excluding hydrogens is 310 g/mol. The molecule has 0 unspecified atom stereocenters. The third-order valence-corrected chi connectivity index (χ3v) is 4.30. The Morgan fingerprint density at radius 3 is 2.61 bits per heavy atom. The Morgan fingerprint density at radius 1 is 1.30 bits per heavy atom. The van der Waals surface area contributed by atoms with Crippen molar-refractivity contribution in [1.82, 2.24) is 4.98 Å². The van der Waals surface area contributed by atoms with Crippen molar-refractivity contribution in [3.8, 4) is 17.2 Å². The first-order chi connectivity index (χ1) is 11.0. The van der Waals surface area contributed by atoms with Crippen molar-refractivity contribution >= 4 is 22.7 Å². The van der Waals surface area contributed by atoms with E-state index in [-0.39, 0.29) is 16.7 Å². The van der Waals surface area contributed by atoms with Gasteiger partial charge in [-0.05, 0) is 30.9 Å². The topological polar surface area (TPSA) is 93.6 Å². The van der Waals surface area contributed by atoms with Gasteiger partial charge in [0.2, 0.25) is 5.55 Å². The SMILES string of the molecule is CSc1ccc(-c2c(C#N)c(=N)oc3cc(C)[nH]c(=O)c23)cc1. The normalized spacial score (nSPS) is 10.7. The van der Waals surface area contributed by atoms with Crippen LogP contribution in [0.15, 0.2) is 44.4 Å². The number of H-pyrrole nitrogens is 1. The van der Waals surface area contributed by atoms with Crippen LogP contribution in [0, 0.1) is 23.7 Å². The molecule has 114 valence electrons. The number of nitrogens with one attached hydrogen (secondary N) is 2. The quantitative estimate of drug-likeness (QED) is 0.708. The van der Waals surface area contributed by atoms with E-state index in [1.54, 1.807) is 24.8 Å². The van der Waals surface area contributed by atoms with E-state index in [2.05, 4.69) is 4.98 Å². The molecule has 0 fully saturated rings. The Morgan fingerprint density at radius 2 is 2.00 bits per heavy atom. The van der Waals surface area contributed by atoms with Gasteiger partial charge < -0.3 is 9.40 Å². The lowest BCUT2D eigenvalue weighted by Gasteiger charge is -2.09. The predicted octanol–water partition coefficient (Wildman–Crippen LogP) is 3.17. The molecule has 3 aromatic rings. The van der Waals surface area contributed by atoms with Crippen LogP contribution in [0.2, 0.25) is 0 Å². The Hall–Kier alpha value is -2.78. The number of aromatic amines is 1. The number of fused-ring (bicyclic) bond motifs is 1. The van der Waals surface area contributed by atoms with Crippen LogP contribution in [0.3, 0.4) is 0 Å². The maximum Gasteiger partial charge on any atom is 0.259 e. The smallest absolute Gasteiger partial charge is 0.259 e. The molecule has 0 aliphatic rings. The fourth-order valence-electron chi connectivity index (χ4n) is 2.53. The Bertz CT molecular complexity index is 1060. The van der Waals surface area contributed by atoms with Gasteiger partial charge in [-0.15, -0.1) is 11.8 Å². The van der Waals surface area contributed by atoms with Crippen LogP contribution in [-0.2, 0) is 0 Å². The highest BCUT2D eigenvalue weighted by Crippen LogP contribution is 2.29. The lowest BCUT2D eigenvalue weighted by Crippen LogP contribution is -2.14. The van der Waals surface area contributed by atoms with Gasteiger partial charge in [-0.25, -0.2) is 0 Å². The molecule has 1 aromatic carbocycles. The molecule has 0 aliphatic heterocycles. The number of benzene rings is 1. The molecule has 0 saturated carbocycles. The molecular formula is C17H13N3O2S. The van der Waals surface area contributed by atoms with E-state index >= 15 is 0 Å². The van der Waals surface area contributed by atoms with Crippen LogP contribution in [0.25, 0.3) is 22.1 Å². The molecule has 5 nitrogen and oxygen atoms in total. The molecule has 2 aromatic heterocycles. The molecule has 0 radical (unpaired) electrons. The first kappa shape index (κ1) is 15.1. The standard InChI is InChI=1S/C17H13N3O2S/c1-9-7-13-15(17(21)20-9)14(12(8-18)16(19)22-13)10-3-5-11(23-2)6-4-10/h3-7,19H,1-2H3,(H,20,21). The van der Waals surface area contributed by atoms with Gasteiger partial charge in [0.25, 0.3) is 5.56 Å². The Labute approximate surface area is 136 Å². The third-order valence-electron chi connectivity index (χ3n) is 3.56. The van der Waals surface area contributed by atoms with E-state index in [1.165, 1.54) is 0 Å². The van der Waals surface area contributed by atoms with Gasteiger partial charge in [0.05, 0.1) is 5.39 Å². The number of hydrogen-bond donors (Lipinski definition) is 2. The van der Waals surface area contributed by atoms with Gasteiger partial charge >= 0.3 is 0 Å². The molecule has 2 N–H and O–H groups in total. The van der Waals surface area contributed by atoms with Crippen molar-refractivity contribution in [1.29, 1.82) is 10.7 Å². The Balaban J connectivity index is 2.48. The average Bonchev–Trinajstić information content (AvgIpc) is 2.53. The van der Waals surface area contributed by atoms with Gasteiger partial charge in [-0.2, -0.15) is 5.26 Å². The summed E-state index contributed by atoms with van der Waals surface area (Å²) in [7, 11) is 0. The molecule has 0 spiro atoms. The lowest BCUT2D eigenvalue weighted by atomic mass is 9.98. The minimum atomic E-state index is -0.329. The van der Waals surface area contributed by atoms with Crippen molar-refractivity contribution in [2.75, 3.05) is 6.26 Å². The molecule has 0 aliphatic carbocycles. The molecule has 6 heteroatoms. The monoisotopic (exact) mass is 323 g/mol. The van der Waals surface area contributed by atoms with Crippen LogP contribution in [0.5, 0.6) is 0 Å². The summed E-state index contributed by atoms with van der Waals surface area (Å²) < 4.78 is 5.37.